The highest BCUT2D eigenvalue weighted by molar-refractivity contribution is 8.08. The molecule has 1 unspecified atom stereocenters. The third kappa shape index (κ3) is 7.88. The number of unbranched alkanes of at least 4 members (excludes halogenated alkanes) is 1. The standard InChI is InChI=1S/C28H39NOS2.2C2H6/c1-4-6-13-23(10-5-2)29-25-18-26(21-11-8-7-9-12-21)31-19-24(25)28(30)32-27(29)22-16-14-20(3)15-17-22;2*1-2/h7-9,11-12,18,20,22-23,30H,4-6,10,13-17,19H2,1-3H3;2*1-2H3. The maximum Gasteiger partial charge on any atom is 0.133 e. The molecule has 0 spiro atoms. The molecule has 36 heavy (non-hydrogen) atoms. The molecular formula is C32H51NOS2. The number of thioether (sulfide) groups is 1. The molecule has 2 heterocycles. The number of rotatable bonds is 8. The predicted octanol–water partition coefficient (Wildman–Crippen LogP) is 10.1. The second-order valence-corrected chi connectivity index (χ2v) is 11.7. The van der Waals surface area contributed by atoms with Gasteiger partial charge in [-0.3, -0.25) is 0 Å². The van der Waals surface area contributed by atoms with E-state index in [-0.39, 0.29) is 0 Å². The molecule has 0 aromatic heterocycles. The first kappa shape index (κ1) is 31.0. The fraction of sp³-hybridized carbons (Fsp3) is 0.625. The summed E-state index contributed by atoms with van der Waals surface area (Å²) >= 11 is 1.86. The van der Waals surface area contributed by atoms with Crippen molar-refractivity contribution in [1.82, 2.24) is 4.90 Å². The Hall–Kier alpha value is -1.23. The molecule has 0 bridgehead atoms. The average molecular weight is 530 g/mol. The molecule has 202 valence electrons. The molecule has 1 atom stereocenters. The number of hydrogen-bond acceptors (Lipinski definition) is 2. The van der Waals surface area contributed by atoms with E-state index in [1.165, 1.54) is 78.9 Å². The Morgan fingerprint density at radius 3 is 2.22 bits per heavy atom. The summed E-state index contributed by atoms with van der Waals surface area (Å²) in [7, 11) is 1.69. The van der Waals surface area contributed by atoms with Gasteiger partial charge in [0, 0.05) is 28.2 Å². The fourth-order valence-electron chi connectivity index (χ4n) is 5.30. The van der Waals surface area contributed by atoms with Crippen molar-refractivity contribution in [3.05, 3.63) is 53.2 Å². The molecule has 1 fully saturated rings. The smallest absolute Gasteiger partial charge is 0.133 e. The zero-order chi connectivity index (χ0) is 26.5. The van der Waals surface area contributed by atoms with Crippen LogP contribution in [-0.2, 0) is 0 Å². The minimum absolute atomic E-state index is 0.524. The Bertz CT molecular complexity index is 919. The first-order valence-corrected chi connectivity index (χ1v) is 16.5. The van der Waals surface area contributed by atoms with Gasteiger partial charge in [0.2, 0.25) is 0 Å². The summed E-state index contributed by atoms with van der Waals surface area (Å²) in [4.78, 5) is 5.47. The van der Waals surface area contributed by atoms with E-state index in [1.807, 2.05) is 39.5 Å². The van der Waals surface area contributed by atoms with E-state index < -0.39 is 0 Å². The van der Waals surface area contributed by atoms with Gasteiger partial charge in [0.15, 0.2) is 0 Å². The van der Waals surface area contributed by atoms with Crippen molar-refractivity contribution in [3.8, 4) is 0 Å². The highest BCUT2D eigenvalue weighted by Crippen LogP contribution is 2.42. The first-order valence-electron chi connectivity index (χ1n) is 14.7. The molecule has 2 aliphatic heterocycles. The summed E-state index contributed by atoms with van der Waals surface area (Å²) in [5, 5.41) is 11.7. The molecule has 3 aliphatic rings. The van der Waals surface area contributed by atoms with Crippen molar-refractivity contribution in [1.29, 1.82) is 0 Å². The van der Waals surface area contributed by atoms with Crippen LogP contribution in [0.5, 0.6) is 0 Å². The van der Waals surface area contributed by atoms with Gasteiger partial charge in [-0.2, -0.15) is 0 Å². The average Bonchev–Trinajstić information content (AvgIpc) is 2.94. The molecule has 2 nitrogen and oxygen atoms in total. The van der Waals surface area contributed by atoms with E-state index in [0.29, 0.717) is 17.0 Å². The zero-order valence-electron chi connectivity index (χ0n) is 24.0. The highest BCUT2D eigenvalue weighted by atomic mass is 32.2. The lowest BCUT2D eigenvalue weighted by molar-refractivity contribution is 0.289. The Morgan fingerprint density at radius 2 is 1.61 bits per heavy atom. The maximum absolute atomic E-state index is 11.2. The lowest BCUT2D eigenvalue weighted by Gasteiger charge is -2.43. The number of aliphatic hydroxyl groups excluding tert-OH is 1. The number of nitrogens with zero attached hydrogens (tertiary/aromatic N) is 1. The maximum atomic E-state index is 11.2. The van der Waals surface area contributed by atoms with Gasteiger partial charge in [0.25, 0.3) is 0 Å². The summed E-state index contributed by atoms with van der Waals surface area (Å²) in [6.07, 6.45) is 13.7. The third-order valence-corrected chi connectivity index (χ3v) is 9.48. The van der Waals surface area contributed by atoms with Crippen molar-refractivity contribution in [2.75, 3.05) is 5.75 Å². The number of allylic oxidation sites excluding steroid dienone is 1. The second kappa shape index (κ2) is 16.6. The summed E-state index contributed by atoms with van der Waals surface area (Å²) in [6.45, 7) is 15.0. The van der Waals surface area contributed by atoms with E-state index in [4.69, 9.17) is 0 Å². The summed E-state index contributed by atoms with van der Waals surface area (Å²) in [6, 6.07) is 11.3. The van der Waals surface area contributed by atoms with E-state index in [2.05, 4.69) is 62.1 Å². The highest BCUT2D eigenvalue weighted by Gasteiger charge is 2.35. The van der Waals surface area contributed by atoms with Crippen LogP contribution in [0.25, 0.3) is 4.91 Å². The summed E-state index contributed by atoms with van der Waals surface area (Å²) < 4.78 is 0. The van der Waals surface area contributed by atoms with Crippen LogP contribution in [0.2, 0.25) is 0 Å². The number of benzene rings is 1. The van der Waals surface area contributed by atoms with E-state index in [9.17, 15) is 5.11 Å². The normalized spacial score (nSPS) is 22.3. The van der Waals surface area contributed by atoms with Crippen molar-refractivity contribution in [3.63, 3.8) is 0 Å². The number of aliphatic hydroxyl groups is 1. The first-order chi connectivity index (χ1) is 17.6. The summed E-state index contributed by atoms with van der Waals surface area (Å²) in [5.74, 6) is 2.27. The van der Waals surface area contributed by atoms with E-state index in [0.717, 1.165) is 17.2 Å². The Morgan fingerprint density at radius 1 is 0.944 bits per heavy atom. The van der Waals surface area contributed by atoms with E-state index in [1.54, 1.807) is 10.9 Å². The van der Waals surface area contributed by atoms with Crippen LogP contribution >= 0.6 is 22.7 Å². The van der Waals surface area contributed by atoms with Crippen LogP contribution in [0, 0.1) is 11.8 Å². The molecule has 1 aliphatic carbocycles. The molecule has 4 rings (SSSR count). The van der Waals surface area contributed by atoms with Gasteiger partial charge >= 0.3 is 0 Å². The van der Waals surface area contributed by atoms with Crippen LogP contribution in [0.3, 0.4) is 0 Å². The largest absolute Gasteiger partial charge is 0.351 e. The van der Waals surface area contributed by atoms with Crippen LogP contribution in [0.15, 0.2) is 47.7 Å². The van der Waals surface area contributed by atoms with Crippen LogP contribution in [0.4, 0.5) is 0 Å². The van der Waals surface area contributed by atoms with Crippen molar-refractivity contribution < 1.29 is 5.11 Å². The minimum atomic E-state index is 0.524. The van der Waals surface area contributed by atoms with Gasteiger partial charge < -0.3 is 10.0 Å². The fourth-order valence-corrected chi connectivity index (χ4v) is 7.72. The zero-order valence-corrected chi connectivity index (χ0v) is 25.6. The lowest BCUT2D eigenvalue weighted by Crippen LogP contribution is -2.45. The molecule has 0 amide bonds. The van der Waals surface area contributed by atoms with Gasteiger partial charge in [-0.25, -0.2) is 0 Å². The molecule has 1 aromatic carbocycles. The van der Waals surface area contributed by atoms with Crippen molar-refractivity contribution >= 4 is 37.6 Å². The Kier molecular flexibility index (Phi) is 14.3. The monoisotopic (exact) mass is 529 g/mol. The Labute approximate surface area is 230 Å². The molecule has 1 saturated carbocycles. The van der Waals surface area contributed by atoms with Crippen molar-refractivity contribution in [2.24, 2.45) is 11.8 Å². The molecule has 1 N–H and O–H groups in total. The SMILES string of the molecule is CC.CC.CCCCC(CCC)N1C(C2CCC(C)CC2)=S=C(O)C2=C1C=C(c1ccccc1)SC2. The molecule has 0 radical (unpaired) electrons. The molecule has 1 aromatic rings. The molecule has 0 saturated heterocycles. The van der Waals surface area contributed by atoms with Gasteiger partial charge in [-0.05, 0) is 43.2 Å². The molecule has 4 heteroatoms. The van der Waals surface area contributed by atoms with E-state index >= 15 is 0 Å². The van der Waals surface area contributed by atoms with Gasteiger partial charge in [-0.1, -0.05) is 122 Å². The molecular weight excluding hydrogens is 478 g/mol. The Balaban J connectivity index is 0.00000109. The minimum Gasteiger partial charge on any atom is -0.351 e. The van der Waals surface area contributed by atoms with Crippen molar-refractivity contribution in [2.45, 2.75) is 112 Å². The van der Waals surface area contributed by atoms with Gasteiger partial charge in [-0.15, -0.1) is 11.8 Å². The summed E-state index contributed by atoms with van der Waals surface area (Å²) in [5.41, 5.74) is 3.71. The lowest BCUT2D eigenvalue weighted by atomic mass is 9.82. The van der Waals surface area contributed by atoms with Crippen LogP contribution in [0.1, 0.15) is 112 Å². The third-order valence-electron chi connectivity index (χ3n) is 7.21. The topological polar surface area (TPSA) is 23.5 Å². The predicted molar refractivity (Wildman–Crippen MR) is 168 cm³/mol. The quantitative estimate of drug-likeness (QED) is 0.339. The second-order valence-electron chi connectivity index (χ2n) is 9.68. The van der Waals surface area contributed by atoms with Gasteiger partial charge in [0.05, 0.1) is 10.7 Å². The van der Waals surface area contributed by atoms with Crippen LogP contribution in [-0.4, -0.2) is 31.8 Å². The van der Waals surface area contributed by atoms with Gasteiger partial charge in [0.1, 0.15) is 5.05 Å². The number of hydrogen-bond donors (Lipinski definition) is 1. The van der Waals surface area contributed by atoms with Crippen LogP contribution < -0.4 is 0 Å².